The summed E-state index contributed by atoms with van der Waals surface area (Å²) >= 11 is 0. The fraction of sp³-hybridized carbons (Fsp3) is 0.692. The van der Waals surface area contributed by atoms with Crippen molar-refractivity contribution in [3.8, 4) is 0 Å². The summed E-state index contributed by atoms with van der Waals surface area (Å²) in [5, 5.41) is 3.04. The molecule has 1 aromatic heterocycles. The molecule has 4 nitrogen and oxygen atoms in total. The fourth-order valence-electron chi connectivity index (χ4n) is 1.64. The molecule has 1 aromatic rings. The van der Waals surface area contributed by atoms with E-state index in [9.17, 15) is 13.2 Å². The molecule has 3 N–H and O–H groups in total. The highest BCUT2D eigenvalue weighted by Gasteiger charge is 2.25. The Kier molecular flexibility index (Phi) is 5.59. The predicted molar refractivity (Wildman–Crippen MR) is 73.7 cm³/mol. The summed E-state index contributed by atoms with van der Waals surface area (Å²) in [6, 6.07) is 0. The van der Waals surface area contributed by atoms with Gasteiger partial charge in [0.25, 0.3) is 0 Å². The minimum Gasteiger partial charge on any atom is -0.383 e. The Morgan fingerprint density at radius 2 is 1.85 bits per heavy atom. The van der Waals surface area contributed by atoms with Crippen LogP contribution in [0.25, 0.3) is 0 Å². The standard InChI is InChI=1S/C13H21F3N4/c1-8(2)11-19-10(17)9(3)12(20-11)18-7-5-4-6-13(14,15)16/h8H,4-7H2,1-3H3,(H3,17,18,19,20). The molecule has 0 amide bonds. The maximum Gasteiger partial charge on any atom is 0.389 e. The lowest BCUT2D eigenvalue weighted by molar-refractivity contribution is -0.135. The molecular formula is C13H21F3N4. The van der Waals surface area contributed by atoms with Crippen LogP contribution in [0.3, 0.4) is 0 Å². The van der Waals surface area contributed by atoms with Crippen LogP contribution in [0.15, 0.2) is 0 Å². The second-order valence-corrected chi connectivity index (χ2v) is 5.09. The van der Waals surface area contributed by atoms with E-state index < -0.39 is 12.6 Å². The van der Waals surface area contributed by atoms with E-state index in [0.29, 0.717) is 30.4 Å². The zero-order chi connectivity index (χ0) is 15.3. The second-order valence-electron chi connectivity index (χ2n) is 5.09. The van der Waals surface area contributed by atoms with Crippen molar-refractivity contribution in [1.82, 2.24) is 9.97 Å². The first-order valence-corrected chi connectivity index (χ1v) is 6.65. The van der Waals surface area contributed by atoms with Gasteiger partial charge in [-0.05, 0) is 19.8 Å². The van der Waals surface area contributed by atoms with E-state index in [2.05, 4.69) is 15.3 Å². The van der Waals surface area contributed by atoms with Crippen LogP contribution in [-0.4, -0.2) is 22.7 Å². The van der Waals surface area contributed by atoms with Gasteiger partial charge in [0, 0.05) is 24.4 Å². The molecule has 20 heavy (non-hydrogen) atoms. The Labute approximate surface area is 117 Å². The smallest absolute Gasteiger partial charge is 0.383 e. The van der Waals surface area contributed by atoms with E-state index in [1.807, 2.05) is 13.8 Å². The summed E-state index contributed by atoms with van der Waals surface area (Å²) in [6.45, 7) is 6.14. The van der Waals surface area contributed by atoms with E-state index in [0.717, 1.165) is 5.56 Å². The van der Waals surface area contributed by atoms with Gasteiger partial charge in [0.15, 0.2) is 0 Å². The third-order valence-corrected chi connectivity index (χ3v) is 2.90. The molecule has 1 rings (SSSR count). The molecular weight excluding hydrogens is 269 g/mol. The highest BCUT2D eigenvalue weighted by Crippen LogP contribution is 2.23. The van der Waals surface area contributed by atoms with Crippen LogP contribution in [-0.2, 0) is 0 Å². The Balaban J connectivity index is 2.55. The second kappa shape index (κ2) is 6.76. The first-order chi connectivity index (χ1) is 9.20. The molecule has 0 atom stereocenters. The van der Waals surface area contributed by atoms with Gasteiger partial charge < -0.3 is 11.1 Å². The Bertz CT molecular complexity index is 444. The molecule has 0 unspecified atom stereocenters. The van der Waals surface area contributed by atoms with Crippen LogP contribution < -0.4 is 11.1 Å². The quantitative estimate of drug-likeness (QED) is 0.785. The largest absolute Gasteiger partial charge is 0.389 e. The zero-order valence-corrected chi connectivity index (χ0v) is 12.0. The van der Waals surface area contributed by atoms with Gasteiger partial charge in [-0.2, -0.15) is 13.2 Å². The topological polar surface area (TPSA) is 63.8 Å². The van der Waals surface area contributed by atoms with Crippen molar-refractivity contribution < 1.29 is 13.2 Å². The van der Waals surface area contributed by atoms with E-state index in [1.165, 1.54) is 0 Å². The lowest BCUT2D eigenvalue weighted by atomic mass is 10.2. The minimum absolute atomic E-state index is 0.104. The molecule has 0 spiro atoms. The molecule has 0 saturated carbocycles. The normalized spacial score (nSPS) is 11.9. The third-order valence-electron chi connectivity index (χ3n) is 2.90. The Hall–Kier alpha value is -1.53. The number of halogens is 3. The van der Waals surface area contributed by atoms with Crippen molar-refractivity contribution >= 4 is 11.6 Å². The molecule has 1 heterocycles. The number of nitrogens with two attached hydrogens (primary N) is 1. The van der Waals surface area contributed by atoms with Crippen LogP contribution in [0.1, 0.15) is 50.4 Å². The lowest BCUT2D eigenvalue weighted by Gasteiger charge is -2.13. The van der Waals surface area contributed by atoms with Gasteiger partial charge in [-0.3, -0.25) is 0 Å². The van der Waals surface area contributed by atoms with Gasteiger partial charge in [0.1, 0.15) is 17.5 Å². The maximum atomic E-state index is 12.0. The van der Waals surface area contributed by atoms with Gasteiger partial charge in [0.2, 0.25) is 0 Å². The first kappa shape index (κ1) is 16.5. The molecule has 0 aliphatic carbocycles. The van der Waals surface area contributed by atoms with E-state index >= 15 is 0 Å². The molecule has 0 radical (unpaired) electrons. The summed E-state index contributed by atoms with van der Waals surface area (Å²) in [6.07, 6.45) is -4.30. The number of nitrogens with one attached hydrogen (secondary N) is 1. The number of nitrogens with zero attached hydrogens (tertiary/aromatic N) is 2. The number of rotatable bonds is 6. The summed E-state index contributed by atoms with van der Waals surface area (Å²) in [4.78, 5) is 8.54. The molecule has 0 aliphatic rings. The van der Waals surface area contributed by atoms with Crippen molar-refractivity contribution in [1.29, 1.82) is 0 Å². The molecule has 7 heteroatoms. The lowest BCUT2D eigenvalue weighted by Crippen LogP contribution is -2.12. The van der Waals surface area contributed by atoms with Gasteiger partial charge in [-0.1, -0.05) is 13.8 Å². The zero-order valence-electron chi connectivity index (χ0n) is 12.0. The first-order valence-electron chi connectivity index (χ1n) is 6.65. The van der Waals surface area contributed by atoms with Crippen LogP contribution in [0, 0.1) is 6.92 Å². The fourth-order valence-corrected chi connectivity index (χ4v) is 1.64. The minimum atomic E-state index is -4.08. The van der Waals surface area contributed by atoms with Gasteiger partial charge in [-0.15, -0.1) is 0 Å². The van der Waals surface area contributed by atoms with Crippen LogP contribution in [0.5, 0.6) is 0 Å². The van der Waals surface area contributed by atoms with Gasteiger partial charge in [0.05, 0.1) is 0 Å². The van der Waals surface area contributed by atoms with Crippen molar-refractivity contribution in [3.63, 3.8) is 0 Å². The van der Waals surface area contributed by atoms with Crippen molar-refractivity contribution in [2.45, 2.75) is 52.1 Å². The highest BCUT2D eigenvalue weighted by molar-refractivity contribution is 5.54. The molecule has 0 saturated heterocycles. The van der Waals surface area contributed by atoms with Crippen molar-refractivity contribution in [2.24, 2.45) is 0 Å². The molecule has 0 aliphatic heterocycles. The highest BCUT2D eigenvalue weighted by atomic mass is 19.4. The Morgan fingerprint density at radius 3 is 2.40 bits per heavy atom. The molecule has 0 fully saturated rings. The average Bonchev–Trinajstić information content (AvgIpc) is 2.32. The molecule has 0 aromatic carbocycles. The number of unbranched alkanes of at least 4 members (excludes halogenated alkanes) is 1. The van der Waals surface area contributed by atoms with E-state index in [4.69, 9.17) is 5.73 Å². The monoisotopic (exact) mass is 290 g/mol. The summed E-state index contributed by atoms with van der Waals surface area (Å²) in [5.74, 6) is 1.78. The van der Waals surface area contributed by atoms with Gasteiger partial charge >= 0.3 is 6.18 Å². The summed E-state index contributed by atoms with van der Waals surface area (Å²) in [7, 11) is 0. The van der Waals surface area contributed by atoms with E-state index in [-0.39, 0.29) is 12.3 Å². The number of anilines is 2. The van der Waals surface area contributed by atoms with Crippen LogP contribution in [0.2, 0.25) is 0 Å². The van der Waals surface area contributed by atoms with E-state index in [1.54, 1.807) is 6.92 Å². The Morgan fingerprint density at radius 1 is 1.20 bits per heavy atom. The number of hydrogen-bond acceptors (Lipinski definition) is 4. The molecule has 0 bridgehead atoms. The third kappa shape index (κ3) is 5.22. The van der Waals surface area contributed by atoms with Crippen molar-refractivity contribution in [3.05, 3.63) is 11.4 Å². The number of nitrogen functional groups attached to an aromatic ring is 1. The van der Waals surface area contributed by atoms with Crippen LogP contribution >= 0.6 is 0 Å². The number of aromatic nitrogens is 2. The predicted octanol–water partition coefficient (Wildman–Crippen LogP) is 3.64. The SMILES string of the molecule is Cc1c(N)nc(C(C)C)nc1NCCCCC(F)(F)F. The molecule has 114 valence electrons. The van der Waals surface area contributed by atoms with Crippen molar-refractivity contribution in [2.75, 3.05) is 17.6 Å². The average molecular weight is 290 g/mol. The van der Waals surface area contributed by atoms with Gasteiger partial charge in [-0.25, -0.2) is 9.97 Å². The van der Waals surface area contributed by atoms with Crippen LogP contribution in [0.4, 0.5) is 24.8 Å². The maximum absolute atomic E-state index is 12.0. The summed E-state index contributed by atoms with van der Waals surface area (Å²) in [5.41, 5.74) is 6.53. The number of hydrogen-bond donors (Lipinski definition) is 2. The number of alkyl halides is 3. The summed E-state index contributed by atoms with van der Waals surface area (Å²) < 4.78 is 36.0.